The van der Waals surface area contributed by atoms with Gasteiger partial charge in [0.15, 0.2) is 5.15 Å². The zero-order chi connectivity index (χ0) is 13.8. The zero-order valence-electron chi connectivity index (χ0n) is 10.2. The van der Waals surface area contributed by atoms with Crippen LogP contribution in [0.3, 0.4) is 0 Å². The molecule has 6 heteroatoms. The molecule has 3 nitrogen and oxygen atoms in total. The van der Waals surface area contributed by atoms with Gasteiger partial charge in [0.2, 0.25) is 0 Å². The molecule has 0 saturated carbocycles. The molecule has 1 unspecified atom stereocenters. The van der Waals surface area contributed by atoms with Crippen molar-refractivity contribution in [1.29, 1.82) is 0 Å². The summed E-state index contributed by atoms with van der Waals surface area (Å²) in [5.41, 5.74) is 1.48. The fraction of sp³-hybridized carbons (Fsp3) is 0.231. The number of pyridine rings is 2. The highest BCUT2D eigenvalue weighted by Crippen LogP contribution is 2.28. The van der Waals surface area contributed by atoms with E-state index in [4.69, 9.17) is 11.6 Å². The lowest BCUT2D eigenvalue weighted by molar-refractivity contribution is 0.614. The van der Waals surface area contributed by atoms with E-state index in [-0.39, 0.29) is 11.9 Å². The number of hydrogen-bond acceptors (Lipinski definition) is 3. The number of halogens is 3. The van der Waals surface area contributed by atoms with Gasteiger partial charge >= 0.3 is 0 Å². The van der Waals surface area contributed by atoms with E-state index in [0.29, 0.717) is 10.8 Å². The Labute approximate surface area is 124 Å². The van der Waals surface area contributed by atoms with Crippen molar-refractivity contribution in [3.05, 3.63) is 51.7 Å². The highest BCUT2D eigenvalue weighted by molar-refractivity contribution is 9.10. The molecule has 19 heavy (non-hydrogen) atoms. The first kappa shape index (κ1) is 14.2. The maximum atomic E-state index is 12.9. The smallest absolute Gasteiger partial charge is 0.152 e. The van der Waals surface area contributed by atoms with Crippen LogP contribution in [0.4, 0.5) is 10.1 Å². The summed E-state index contributed by atoms with van der Waals surface area (Å²) in [6, 6.07) is 4.86. The Balaban J connectivity index is 2.23. The third kappa shape index (κ3) is 3.64. The topological polar surface area (TPSA) is 37.8 Å². The predicted molar refractivity (Wildman–Crippen MR) is 77.8 cm³/mol. The lowest BCUT2D eigenvalue weighted by Crippen LogP contribution is -2.12. The second kappa shape index (κ2) is 6.30. The first-order chi connectivity index (χ1) is 9.10. The number of aromatic nitrogens is 2. The van der Waals surface area contributed by atoms with Crippen molar-refractivity contribution < 1.29 is 4.39 Å². The van der Waals surface area contributed by atoms with Crippen LogP contribution in [-0.4, -0.2) is 9.97 Å². The SMILES string of the molecule is CCC(Nc1cc(Br)cnc1Cl)c1ccc(F)cn1. The summed E-state index contributed by atoms with van der Waals surface area (Å²) < 4.78 is 13.7. The number of hydrogen-bond donors (Lipinski definition) is 1. The lowest BCUT2D eigenvalue weighted by Gasteiger charge is -2.18. The molecule has 0 aliphatic rings. The van der Waals surface area contributed by atoms with E-state index in [1.54, 1.807) is 12.3 Å². The molecule has 100 valence electrons. The third-order valence-corrected chi connectivity index (χ3v) is 3.39. The van der Waals surface area contributed by atoms with Crippen molar-refractivity contribution in [2.24, 2.45) is 0 Å². The van der Waals surface area contributed by atoms with Gasteiger partial charge in [-0.25, -0.2) is 9.37 Å². The van der Waals surface area contributed by atoms with E-state index in [0.717, 1.165) is 16.6 Å². The quantitative estimate of drug-likeness (QED) is 0.824. The first-order valence-corrected chi connectivity index (χ1v) is 6.96. The minimum atomic E-state index is -0.347. The monoisotopic (exact) mass is 343 g/mol. The molecule has 2 aromatic heterocycles. The van der Waals surface area contributed by atoms with Crippen LogP contribution in [0, 0.1) is 5.82 Å². The Morgan fingerprint density at radius 3 is 2.79 bits per heavy atom. The summed E-state index contributed by atoms with van der Waals surface area (Å²) in [5.74, 6) is -0.347. The van der Waals surface area contributed by atoms with Crippen molar-refractivity contribution in [3.63, 3.8) is 0 Å². The molecule has 2 aromatic rings. The van der Waals surface area contributed by atoms with Gasteiger partial charge < -0.3 is 5.32 Å². The summed E-state index contributed by atoms with van der Waals surface area (Å²) in [5, 5.41) is 3.66. The third-order valence-electron chi connectivity index (χ3n) is 2.65. The van der Waals surface area contributed by atoms with Gasteiger partial charge in [-0.1, -0.05) is 18.5 Å². The van der Waals surface area contributed by atoms with Crippen LogP contribution < -0.4 is 5.32 Å². The van der Waals surface area contributed by atoms with Crippen molar-refractivity contribution in [2.75, 3.05) is 5.32 Å². The van der Waals surface area contributed by atoms with Gasteiger partial charge in [0.25, 0.3) is 0 Å². The molecule has 0 fully saturated rings. The van der Waals surface area contributed by atoms with E-state index < -0.39 is 0 Å². The largest absolute Gasteiger partial charge is 0.374 e. The molecule has 1 N–H and O–H groups in total. The first-order valence-electron chi connectivity index (χ1n) is 5.79. The normalized spacial score (nSPS) is 12.2. The molecule has 0 radical (unpaired) electrons. The highest BCUT2D eigenvalue weighted by Gasteiger charge is 2.13. The Kier molecular flexibility index (Phi) is 4.71. The maximum Gasteiger partial charge on any atom is 0.152 e. The number of nitrogens with one attached hydrogen (secondary N) is 1. The molecule has 0 aliphatic heterocycles. The molecule has 2 rings (SSSR count). The Bertz CT molecular complexity index is 562. The molecule has 0 aromatic carbocycles. The average molecular weight is 345 g/mol. The van der Waals surface area contributed by atoms with Gasteiger partial charge in [0, 0.05) is 10.7 Å². The van der Waals surface area contributed by atoms with Gasteiger partial charge in [-0.15, -0.1) is 0 Å². The molecule has 1 atom stereocenters. The fourth-order valence-corrected chi connectivity index (χ4v) is 2.18. The van der Waals surface area contributed by atoms with Gasteiger partial charge in [0.1, 0.15) is 5.82 Å². The van der Waals surface area contributed by atoms with Crippen LogP contribution in [0.15, 0.2) is 35.1 Å². The van der Waals surface area contributed by atoms with E-state index in [9.17, 15) is 4.39 Å². The second-order valence-electron chi connectivity index (χ2n) is 4.00. The molecule has 0 saturated heterocycles. The lowest BCUT2D eigenvalue weighted by atomic mass is 10.1. The van der Waals surface area contributed by atoms with Gasteiger partial charge in [-0.05, 0) is 40.5 Å². The van der Waals surface area contributed by atoms with Crippen molar-refractivity contribution in [2.45, 2.75) is 19.4 Å². The molecule has 2 heterocycles. The molecule has 0 aliphatic carbocycles. The number of rotatable bonds is 4. The predicted octanol–water partition coefficient (Wildman–Crippen LogP) is 4.59. The fourth-order valence-electron chi connectivity index (χ4n) is 1.69. The van der Waals surface area contributed by atoms with Crippen molar-refractivity contribution >= 4 is 33.2 Å². The summed E-state index contributed by atoms with van der Waals surface area (Å²) in [4.78, 5) is 8.13. The van der Waals surface area contributed by atoms with Crippen LogP contribution in [0.1, 0.15) is 25.1 Å². The van der Waals surface area contributed by atoms with Gasteiger partial charge in [-0.3, -0.25) is 4.98 Å². The molecular formula is C13H12BrClFN3. The van der Waals surface area contributed by atoms with Crippen molar-refractivity contribution in [3.8, 4) is 0 Å². The Morgan fingerprint density at radius 1 is 1.37 bits per heavy atom. The molecule has 0 bridgehead atoms. The minimum absolute atomic E-state index is 0.0470. The van der Waals surface area contributed by atoms with Gasteiger partial charge in [-0.2, -0.15) is 0 Å². The minimum Gasteiger partial charge on any atom is -0.374 e. The zero-order valence-corrected chi connectivity index (χ0v) is 12.5. The summed E-state index contributed by atoms with van der Waals surface area (Å²) >= 11 is 9.38. The molecule has 0 spiro atoms. The van der Waals surface area contributed by atoms with Crippen LogP contribution in [0.25, 0.3) is 0 Å². The average Bonchev–Trinajstić information content (AvgIpc) is 2.41. The van der Waals surface area contributed by atoms with Crippen molar-refractivity contribution in [1.82, 2.24) is 9.97 Å². The summed E-state index contributed by atoms with van der Waals surface area (Å²) in [7, 11) is 0. The van der Waals surface area contributed by atoms with Crippen LogP contribution in [-0.2, 0) is 0 Å². The van der Waals surface area contributed by atoms with Gasteiger partial charge in [0.05, 0.1) is 23.6 Å². The van der Waals surface area contributed by atoms with E-state index in [2.05, 4.69) is 31.2 Å². The van der Waals surface area contributed by atoms with Crippen LogP contribution >= 0.6 is 27.5 Å². The summed E-state index contributed by atoms with van der Waals surface area (Å²) in [6.45, 7) is 2.02. The summed E-state index contributed by atoms with van der Waals surface area (Å²) in [6.07, 6.45) is 3.63. The highest BCUT2D eigenvalue weighted by atomic mass is 79.9. The number of nitrogens with zero attached hydrogens (tertiary/aromatic N) is 2. The van der Waals surface area contributed by atoms with Crippen LogP contribution in [0.5, 0.6) is 0 Å². The van der Waals surface area contributed by atoms with E-state index in [1.807, 2.05) is 13.0 Å². The Morgan fingerprint density at radius 2 is 2.16 bits per heavy atom. The standard InChI is InChI=1S/C13H12BrClFN3/c1-2-10(11-4-3-9(16)7-17-11)19-12-5-8(14)6-18-13(12)15/h3-7,10,19H,2H2,1H3. The number of anilines is 1. The maximum absolute atomic E-state index is 12.9. The second-order valence-corrected chi connectivity index (χ2v) is 5.27. The molecular weight excluding hydrogens is 333 g/mol. The Hall–Kier alpha value is -1.20. The van der Waals surface area contributed by atoms with E-state index in [1.165, 1.54) is 12.3 Å². The molecule has 0 amide bonds. The van der Waals surface area contributed by atoms with Crippen LogP contribution in [0.2, 0.25) is 5.15 Å². The van der Waals surface area contributed by atoms with E-state index >= 15 is 0 Å².